The van der Waals surface area contributed by atoms with Crippen LogP contribution in [0.1, 0.15) is 37.8 Å². The molecule has 5 heteroatoms. The van der Waals surface area contributed by atoms with Gasteiger partial charge in [-0.15, -0.1) is 11.3 Å². The molecule has 0 fully saturated rings. The smallest absolute Gasteiger partial charge is 0.305 e. The Labute approximate surface area is 131 Å². The van der Waals surface area contributed by atoms with Gasteiger partial charge < -0.3 is 10.5 Å². The Morgan fingerprint density at radius 1 is 1.50 bits per heavy atom. The van der Waals surface area contributed by atoms with Gasteiger partial charge in [-0.3, -0.25) is 4.79 Å². The number of fused-ring (bicyclic) bond motifs is 1. The van der Waals surface area contributed by atoms with Crippen LogP contribution in [0.3, 0.4) is 0 Å². The highest BCUT2D eigenvalue weighted by Gasteiger charge is 2.14. The van der Waals surface area contributed by atoms with Crippen molar-refractivity contribution in [1.82, 2.24) is 0 Å². The quantitative estimate of drug-likeness (QED) is 0.781. The predicted molar refractivity (Wildman–Crippen MR) is 86.9 cm³/mol. The first-order valence-corrected chi connectivity index (χ1v) is 8.37. The van der Waals surface area contributed by atoms with Crippen LogP contribution in [0.5, 0.6) is 0 Å². The Hall–Kier alpha value is -0.910. The van der Waals surface area contributed by atoms with Crippen molar-refractivity contribution in [2.24, 2.45) is 5.73 Å². The van der Waals surface area contributed by atoms with Gasteiger partial charge in [-0.2, -0.15) is 0 Å². The van der Waals surface area contributed by atoms with Crippen molar-refractivity contribution in [3.63, 3.8) is 0 Å². The molecule has 20 heavy (non-hydrogen) atoms. The largest absolute Gasteiger partial charge is 0.466 e. The maximum absolute atomic E-state index is 11.3. The first-order valence-electron chi connectivity index (χ1n) is 6.70. The number of hydrogen-bond donors (Lipinski definition) is 1. The average molecular weight is 356 g/mol. The van der Waals surface area contributed by atoms with E-state index in [4.69, 9.17) is 10.5 Å². The predicted octanol–water partition coefficient (Wildman–Crippen LogP) is 4.40. The summed E-state index contributed by atoms with van der Waals surface area (Å²) in [6, 6.07) is 6.12. The van der Waals surface area contributed by atoms with E-state index in [9.17, 15) is 4.79 Å². The summed E-state index contributed by atoms with van der Waals surface area (Å²) in [4.78, 5) is 11.3. The minimum Gasteiger partial charge on any atom is -0.466 e. The molecule has 0 saturated heterocycles. The van der Waals surface area contributed by atoms with E-state index < -0.39 is 0 Å². The van der Waals surface area contributed by atoms with Crippen LogP contribution in [-0.4, -0.2) is 12.6 Å². The number of halogens is 1. The van der Waals surface area contributed by atoms with E-state index in [1.54, 1.807) is 11.3 Å². The van der Waals surface area contributed by atoms with Gasteiger partial charge in [0.15, 0.2) is 0 Å². The molecule has 1 aromatic carbocycles. The summed E-state index contributed by atoms with van der Waals surface area (Å²) in [6.07, 6.45) is 1.98. The molecule has 0 amide bonds. The molecule has 1 unspecified atom stereocenters. The molecule has 0 aliphatic carbocycles. The van der Waals surface area contributed by atoms with Crippen molar-refractivity contribution in [1.29, 1.82) is 0 Å². The number of nitrogens with two attached hydrogens (primary N) is 1. The number of carbonyl (C=O) groups is 1. The maximum Gasteiger partial charge on any atom is 0.305 e. The van der Waals surface area contributed by atoms with E-state index in [2.05, 4.69) is 27.4 Å². The third-order valence-electron chi connectivity index (χ3n) is 3.18. The third kappa shape index (κ3) is 3.59. The molecule has 0 bridgehead atoms. The monoisotopic (exact) mass is 355 g/mol. The molecule has 108 valence electrons. The molecule has 2 N–H and O–H groups in total. The van der Waals surface area contributed by atoms with Crippen molar-refractivity contribution in [3.05, 3.63) is 33.6 Å². The zero-order valence-corrected chi connectivity index (χ0v) is 13.8. The van der Waals surface area contributed by atoms with Crippen LogP contribution < -0.4 is 5.73 Å². The third-order valence-corrected chi connectivity index (χ3v) is 5.15. The molecule has 0 saturated carbocycles. The molecule has 1 aromatic heterocycles. The normalized spacial score (nSPS) is 12.6. The van der Waals surface area contributed by atoms with Gasteiger partial charge in [-0.25, -0.2) is 0 Å². The van der Waals surface area contributed by atoms with Crippen LogP contribution in [0.4, 0.5) is 0 Å². The molecule has 3 nitrogen and oxygen atoms in total. The van der Waals surface area contributed by atoms with Gasteiger partial charge in [0.05, 0.1) is 6.61 Å². The van der Waals surface area contributed by atoms with E-state index in [1.165, 1.54) is 10.1 Å². The summed E-state index contributed by atoms with van der Waals surface area (Å²) in [7, 11) is 0. The number of benzene rings is 1. The number of ether oxygens (including phenoxy) is 1. The van der Waals surface area contributed by atoms with Crippen molar-refractivity contribution in [2.75, 3.05) is 6.61 Å². The minimum absolute atomic E-state index is 0.0347. The average Bonchev–Trinajstić information content (AvgIpc) is 2.84. The Balaban J connectivity index is 1.99. The first kappa shape index (κ1) is 15.5. The topological polar surface area (TPSA) is 52.3 Å². The molecule has 1 atom stereocenters. The SMILES string of the molecule is CCOC(=O)CCCC(N)c1csc2c(Br)cccc12. The fraction of sp³-hybridized carbons (Fsp3) is 0.400. The second-order valence-electron chi connectivity index (χ2n) is 4.61. The number of hydrogen-bond acceptors (Lipinski definition) is 4. The van der Waals surface area contributed by atoms with Gasteiger partial charge in [0.25, 0.3) is 0 Å². The van der Waals surface area contributed by atoms with Crippen LogP contribution in [0.15, 0.2) is 28.1 Å². The van der Waals surface area contributed by atoms with Crippen molar-refractivity contribution in [3.8, 4) is 0 Å². The maximum atomic E-state index is 11.3. The van der Waals surface area contributed by atoms with Crippen molar-refractivity contribution >= 4 is 43.3 Å². The fourth-order valence-electron chi connectivity index (χ4n) is 2.18. The van der Waals surface area contributed by atoms with Gasteiger partial charge in [-0.05, 0) is 58.1 Å². The van der Waals surface area contributed by atoms with Gasteiger partial charge in [0, 0.05) is 21.6 Å². The number of rotatable bonds is 6. The van der Waals surface area contributed by atoms with Gasteiger partial charge in [0.2, 0.25) is 0 Å². The molecular formula is C15H18BrNO2S. The van der Waals surface area contributed by atoms with E-state index in [1.807, 2.05) is 19.1 Å². The zero-order chi connectivity index (χ0) is 14.5. The second-order valence-corrected chi connectivity index (χ2v) is 6.35. The standard InChI is InChI=1S/C15H18BrNO2S/c1-2-19-14(18)8-4-7-13(17)11-9-20-15-10(11)5-3-6-12(15)16/h3,5-6,9,13H,2,4,7-8,17H2,1H3. The number of thiophene rings is 1. The lowest BCUT2D eigenvalue weighted by atomic mass is 10.0. The van der Waals surface area contributed by atoms with E-state index in [0.29, 0.717) is 13.0 Å². The zero-order valence-electron chi connectivity index (χ0n) is 11.4. The van der Waals surface area contributed by atoms with Gasteiger partial charge >= 0.3 is 5.97 Å². The highest BCUT2D eigenvalue weighted by molar-refractivity contribution is 9.10. The summed E-state index contributed by atoms with van der Waals surface area (Å²) in [6.45, 7) is 2.26. The Kier molecular flexibility index (Phi) is 5.57. The van der Waals surface area contributed by atoms with Crippen LogP contribution >= 0.6 is 27.3 Å². The molecule has 0 aliphatic rings. The van der Waals surface area contributed by atoms with Gasteiger partial charge in [0.1, 0.15) is 0 Å². The summed E-state index contributed by atoms with van der Waals surface area (Å²) in [5, 5.41) is 3.32. The molecular weight excluding hydrogens is 338 g/mol. The molecule has 1 heterocycles. The van der Waals surface area contributed by atoms with Crippen molar-refractivity contribution in [2.45, 2.75) is 32.2 Å². The van der Waals surface area contributed by atoms with Crippen molar-refractivity contribution < 1.29 is 9.53 Å². The lowest BCUT2D eigenvalue weighted by molar-refractivity contribution is -0.143. The second kappa shape index (κ2) is 7.20. The van der Waals surface area contributed by atoms with E-state index in [0.717, 1.165) is 22.9 Å². The fourth-order valence-corrected chi connectivity index (χ4v) is 3.87. The lowest BCUT2D eigenvalue weighted by Crippen LogP contribution is -2.11. The minimum atomic E-state index is -0.141. The molecule has 0 spiro atoms. The number of esters is 1. The highest BCUT2D eigenvalue weighted by Crippen LogP contribution is 2.35. The molecule has 2 aromatic rings. The van der Waals surface area contributed by atoms with Crippen LogP contribution in [0.2, 0.25) is 0 Å². The summed E-state index contributed by atoms with van der Waals surface area (Å²) in [5.74, 6) is -0.141. The Morgan fingerprint density at radius 3 is 3.05 bits per heavy atom. The first-order chi connectivity index (χ1) is 9.63. The lowest BCUT2D eigenvalue weighted by Gasteiger charge is -2.10. The molecule has 0 aliphatic heterocycles. The van der Waals surface area contributed by atoms with Crippen LogP contribution in [0, 0.1) is 0 Å². The Morgan fingerprint density at radius 2 is 2.30 bits per heavy atom. The Bertz CT molecular complexity index is 597. The molecule has 0 radical (unpaired) electrons. The van der Waals surface area contributed by atoms with Crippen LogP contribution in [0.25, 0.3) is 10.1 Å². The summed E-state index contributed by atoms with van der Waals surface area (Å²) < 4.78 is 7.24. The summed E-state index contributed by atoms with van der Waals surface area (Å²) in [5.41, 5.74) is 7.42. The highest BCUT2D eigenvalue weighted by atomic mass is 79.9. The molecule has 2 rings (SSSR count). The summed E-state index contributed by atoms with van der Waals surface area (Å²) >= 11 is 5.25. The van der Waals surface area contributed by atoms with Crippen LogP contribution in [-0.2, 0) is 9.53 Å². The number of carbonyl (C=O) groups excluding carboxylic acids is 1. The van der Waals surface area contributed by atoms with Gasteiger partial charge in [-0.1, -0.05) is 12.1 Å². The van der Waals surface area contributed by atoms with E-state index in [-0.39, 0.29) is 12.0 Å². The van der Waals surface area contributed by atoms with E-state index >= 15 is 0 Å².